The molecule has 5 atom stereocenters. The third-order valence-electron chi connectivity index (χ3n) is 6.83. The van der Waals surface area contributed by atoms with Crippen LogP contribution in [-0.2, 0) is 14.8 Å². The number of carbonyl (C=O) groups excluding carboxylic acids is 1. The molecule has 1 heterocycles. The molecule has 6 nitrogen and oxygen atoms in total. The molecule has 1 saturated heterocycles. The van der Waals surface area contributed by atoms with E-state index in [1.54, 1.807) is 12.1 Å². The predicted molar refractivity (Wildman–Crippen MR) is 111 cm³/mol. The zero-order valence-electron chi connectivity index (χ0n) is 17.3. The van der Waals surface area contributed by atoms with Gasteiger partial charge in [-0.2, -0.15) is 4.31 Å². The highest BCUT2D eigenvalue weighted by atomic mass is 32.2. The summed E-state index contributed by atoms with van der Waals surface area (Å²) >= 11 is 0. The number of benzene rings is 1. The van der Waals surface area contributed by atoms with Gasteiger partial charge in [-0.15, -0.1) is 0 Å². The van der Waals surface area contributed by atoms with Gasteiger partial charge < -0.3 is 10.1 Å². The number of hydrogen-bond acceptors (Lipinski definition) is 4. The maximum atomic E-state index is 12.9. The zero-order valence-corrected chi connectivity index (χ0v) is 18.2. The number of hydrogen-bond donors (Lipinski definition) is 1. The van der Waals surface area contributed by atoms with Gasteiger partial charge in [-0.05, 0) is 81.5 Å². The second-order valence-corrected chi connectivity index (χ2v) is 11.0. The van der Waals surface area contributed by atoms with Crippen molar-refractivity contribution in [3.05, 3.63) is 29.8 Å². The van der Waals surface area contributed by atoms with Crippen LogP contribution in [0.3, 0.4) is 0 Å². The van der Waals surface area contributed by atoms with Gasteiger partial charge >= 0.3 is 0 Å². The average molecular weight is 421 g/mol. The molecular formula is C22H32N2O4S. The molecule has 0 aromatic heterocycles. The smallest absolute Gasteiger partial charge is 0.251 e. The van der Waals surface area contributed by atoms with E-state index in [2.05, 4.69) is 5.32 Å². The van der Waals surface area contributed by atoms with Gasteiger partial charge in [-0.3, -0.25) is 4.79 Å². The quantitative estimate of drug-likeness (QED) is 0.768. The van der Waals surface area contributed by atoms with Gasteiger partial charge in [0.1, 0.15) is 0 Å². The average Bonchev–Trinajstić information content (AvgIpc) is 3.30. The summed E-state index contributed by atoms with van der Waals surface area (Å²) in [6.07, 6.45) is 6.25. The van der Waals surface area contributed by atoms with E-state index in [4.69, 9.17) is 4.74 Å². The van der Waals surface area contributed by atoms with Crippen molar-refractivity contribution in [1.29, 1.82) is 0 Å². The van der Waals surface area contributed by atoms with Crippen LogP contribution in [0.25, 0.3) is 0 Å². The van der Waals surface area contributed by atoms with Gasteiger partial charge in [0.15, 0.2) is 0 Å². The lowest BCUT2D eigenvalue weighted by molar-refractivity contribution is -0.0440. The highest BCUT2D eigenvalue weighted by Crippen LogP contribution is 2.49. The number of rotatable bonds is 6. The van der Waals surface area contributed by atoms with Crippen LogP contribution in [0.1, 0.15) is 56.3 Å². The van der Waals surface area contributed by atoms with E-state index in [1.807, 2.05) is 13.8 Å². The first-order valence-electron chi connectivity index (χ1n) is 10.9. The minimum Gasteiger partial charge on any atom is -0.373 e. The molecular weight excluding hydrogens is 388 g/mol. The van der Waals surface area contributed by atoms with Crippen LogP contribution in [0.2, 0.25) is 0 Å². The highest BCUT2D eigenvalue weighted by molar-refractivity contribution is 7.89. The molecule has 1 aliphatic heterocycles. The topological polar surface area (TPSA) is 75.7 Å². The molecule has 5 unspecified atom stereocenters. The number of amides is 1. The van der Waals surface area contributed by atoms with E-state index in [1.165, 1.54) is 42.1 Å². The van der Waals surface area contributed by atoms with E-state index in [-0.39, 0.29) is 23.0 Å². The third kappa shape index (κ3) is 4.52. The summed E-state index contributed by atoms with van der Waals surface area (Å²) in [6, 6.07) is 6.27. The normalized spacial score (nSPS) is 32.4. The molecule has 2 bridgehead atoms. The van der Waals surface area contributed by atoms with Crippen LogP contribution in [0.5, 0.6) is 0 Å². The fourth-order valence-corrected chi connectivity index (χ4v) is 7.05. The number of ether oxygens (including phenoxy) is 1. The van der Waals surface area contributed by atoms with Crippen LogP contribution in [0.4, 0.5) is 0 Å². The molecule has 3 fully saturated rings. The first-order valence-corrected chi connectivity index (χ1v) is 12.3. The number of sulfonamides is 1. The molecule has 1 aromatic rings. The summed E-state index contributed by atoms with van der Waals surface area (Å²) < 4.78 is 32.9. The first-order chi connectivity index (χ1) is 13.8. The Morgan fingerprint density at radius 3 is 2.38 bits per heavy atom. The van der Waals surface area contributed by atoms with Crippen molar-refractivity contribution in [3.8, 4) is 0 Å². The molecule has 2 aliphatic carbocycles. The van der Waals surface area contributed by atoms with Gasteiger partial charge in [0.2, 0.25) is 10.0 Å². The van der Waals surface area contributed by atoms with Gasteiger partial charge in [-0.1, -0.05) is 6.42 Å². The molecule has 0 spiro atoms. The van der Waals surface area contributed by atoms with Gasteiger partial charge in [0.25, 0.3) is 5.91 Å². The highest BCUT2D eigenvalue weighted by Gasteiger charge is 2.38. The number of morpholine rings is 1. The predicted octanol–water partition coefficient (Wildman–Crippen LogP) is 3.04. The van der Waals surface area contributed by atoms with Crippen LogP contribution < -0.4 is 5.32 Å². The molecule has 1 aromatic carbocycles. The summed E-state index contributed by atoms with van der Waals surface area (Å²) in [5, 5.41) is 3.00. The van der Waals surface area contributed by atoms with Gasteiger partial charge in [0.05, 0.1) is 17.1 Å². The van der Waals surface area contributed by atoms with Crippen LogP contribution in [-0.4, -0.2) is 50.5 Å². The van der Waals surface area contributed by atoms with Crippen LogP contribution >= 0.6 is 0 Å². The summed E-state index contributed by atoms with van der Waals surface area (Å²) in [7, 11) is -3.58. The molecule has 7 heteroatoms. The molecule has 0 radical (unpaired) electrons. The Bertz CT molecular complexity index is 829. The summed E-state index contributed by atoms with van der Waals surface area (Å²) in [5.74, 6) is 2.42. The minimum atomic E-state index is -3.58. The third-order valence-corrected chi connectivity index (χ3v) is 8.67. The largest absolute Gasteiger partial charge is 0.373 e. The van der Waals surface area contributed by atoms with Crippen molar-refractivity contribution in [1.82, 2.24) is 9.62 Å². The van der Waals surface area contributed by atoms with E-state index >= 15 is 0 Å². The number of nitrogens with zero attached hydrogens (tertiary/aromatic N) is 1. The Labute approximate surface area is 174 Å². The fourth-order valence-electron chi connectivity index (χ4n) is 5.46. The molecule has 29 heavy (non-hydrogen) atoms. The number of carbonyl (C=O) groups is 1. The molecule has 1 N–H and O–H groups in total. The van der Waals surface area contributed by atoms with Crippen molar-refractivity contribution in [2.75, 3.05) is 19.6 Å². The maximum absolute atomic E-state index is 12.9. The molecule has 1 amide bonds. The van der Waals surface area contributed by atoms with Crippen LogP contribution in [0, 0.1) is 17.8 Å². The Morgan fingerprint density at radius 1 is 1.10 bits per heavy atom. The Kier molecular flexibility index (Phi) is 6.00. The maximum Gasteiger partial charge on any atom is 0.251 e. The second-order valence-electron chi connectivity index (χ2n) is 9.08. The second kappa shape index (κ2) is 8.36. The van der Waals surface area contributed by atoms with E-state index in [0.29, 0.717) is 25.2 Å². The molecule has 160 valence electrons. The lowest BCUT2D eigenvalue weighted by Gasteiger charge is -2.34. The zero-order chi connectivity index (χ0) is 20.6. The van der Waals surface area contributed by atoms with Crippen molar-refractivity contribution in [2.24, 2.45) is 17.8 Å². The molecule has 3 aliphatic rings. The van der Waals surface area contributed by atoms with Gasteiger partial charge in [0, 0.05) is 25.2 Å². The van der Waals surface area contributed by atoms with E-state index in [0.717, 1.165) is 24.2 Å². The van der Waals surface area contributed by atoms with E-state index < -0.39 is 10.0 Å². The SMILES string of the molecule is CC1CN(S(=O)(=O)c2ccc(C(=O)NCCC3CC4CCC3C4)cc2)CC(C)O1. The first kappa shape index (κ1) is 20.8. The Balaban J connectivity index is 1.32. The van der Waals surface area contributed by atoms with E-state index in [9.17, 15) is 13.2 Å². The number of fused-ring (bicyclic) bond motifs is 2. The summed E-state index contributed by atoms with van der Waals surface area (Å²) in [6.45, 7) is 5.14. The fraction of sp³-hybridized carbons (Fsp3) is 0.682. The standard InChI is InChI=1S/C22H32N2O4S/c1-15-13-24(14-16(2)28-15)29(26,27)21-7-5-18(6-8-21)22(25)23-10-9-20-12-17-3-4-19(20)11-17/h5-8,15-17,19-20H,3-4,9-14H2,1-2H3,(H,23,25). The minimum absolute atomic E-state index is 0.131. The summed E-state index contributed by atoms with van der Waals surface area (Å²) in [5.41, 5.74) is 0.501. The van der Waals surface area contributed by atoms with Crippen molar-refractivity contribution >= 4 is 15.9 Å². The lowest BCUT2D eigenvalue weighted by Crippen LogP contribution is -2.48. The molecule has 4 rings (SSSR count). The van der Waals surface area contributed by atoms with Crippen molar-refractivity contribution < 1.29 is 17.9 Å². The summed E-state index contributed by atoms with van der Waals surface area (Å²) in [4.78, 5) is 12.7. The van der Waals surface area contributed by atoms with Crippen LogP contribution in [0.15, 0.2) is 29.2 Å². The molecule has 2 saturated carbocycles. The van der Waals surface area contributed by atoms with Gasteiger partial charge in [-0.25, -0.2) is 8.42 Å². The number of nitrogens with one attached hydrogen (secondary N) is 1. The Morgan fingerprint density at radius 2 is 1.79 bits per heavy atom. The van der Waals surface area contributed by atoms with Crippen molar-refractivity contribution in [2.45, 2.75) is 63.1 Å². The lowest BCUT2D eigenvalue weighted by atomic mass is 9.86. The van der Waals surface area contributed by atoms with Crippen molar-refractivity contribution in [3.63, 3.8) is 0 Å². The monoisotopic (exact) mass is 420 g/mol. The Hall–Kier alpha value is -1.44.